The summed E-state index contributed by atoms with van der Waals surface area (Å²) in [7, 11) is 1.77. The Morgan fingerprint density at radius 2 is 2.17 bits per heavy atom. The van der Waals surface area contributed by atoms with Crippen LogP contribution in [0.2, 0.25) is 0 Å². The topological polar surface area (TPSA) is 111 Å². The Kier molecular flexibility index (Phi) is 5.64. The number of rotatable bonds is 6. The summed E-state index contributed by atoms with van der Waals surface area (Å²) in [6, 6.07) is 7.29. The molecule has 0 aliphatic carbocycles. The number of halogens is 1. The van der Waals surface area contributed by atoms with E-state index in [2.05, 4.69) is 20.4 Å². The first-order valence-electron chi connectivity index (χ1n) is 7.29. The highest BCUT2D eigenvalue weighted by molar-refractivity contribution is 5.87. The number of aromatic amines is 1. The molecule has 128 valence electrons. The van der Waals surface area contributed by atoms with Crippen molar-refractivity contribution >= 4 is 35.1 Å². The van der Waals surface area contributed by atoms with E-state index >= 15 is 0 Å². The quantitative estimate of drug-likeness (QED) is 0.581. The number of nitrogens with zero attached hydrogens (tertiary/aromatic N) is 3. The maximum absolute atomic E-state index is 11.8. The molecule has 0 saturated carbocycles. The lowest BCUT2D eigenvalue weighted by Crippen LogP contribution is -2.11. The number of nitrogen functional groups attached to an aromatic ring is 1. The van der Waals surface area contributed by atoms with E-state index in [-0.39, 0.29) is 23.9 Å². The lowest BCUT2D eigenvalue weighted by molar-refractivity contribution is 0.318. The molecule has 0 bridgehead atoms. The van der Waals surface area contributed by atoms with E-state index in [1.807, 2.05) is 18.2 Å². The van der Waals surface area contributed by atoms with Gasteiger partial charge in [0, 0.05) is 25.2 Å². The smallest absolute Gasteiger partial charge is 0.255 e. The number of anilines is 2. The van der Waals surface area contributed by atoms with E-state index in [0.717, 1.165) is 11.8 Å². The van der Waals surface area contributed by atoms with Gasteiger partial charge < -0.3 is 20.8 Å². The standard InChI is InChI=1S/C15H18N6O2.ClH/c1-21-15(19-14(16)20-21)18-7-3-9-23-12-5-2-4-11-10(12)6-8-17-13(11)22;/h2,4-6,8H,3,7,9H2,1H3,(H,17,22)(H3,16,18,19,20);1H. The molecule has 0 unspecified atom stereocenters. The van der Waals surface area contributed by atoms with Crippen LogP contribution in [0.1, 0.15) is 6.42 Å². The van der Waals surface area contributed by atoms with Crippen molar-refractivity contribution in [3.05, 3.63) is 40.8 Å². The Hall–Kier alpha value is -2.74. The van der Waals surface area contributed by atoms with Gasteiger partial charge in [0.2, 0.25) is 11.9 Å². The monoisotopic (exact) mass is 350 g/mol. The van der Waals surface area contributed by atoms with Crippen LogP contribution < -0.4 is 21.3 Å². The van der Waals surface area contributed by atoms with Crippen molar-refractivity contribution < 1.29 is 4.74 Å². The van der Waals surface area contributed by atoms with Gasteiger partial charge in [-0.15, -0.1) is 17.5 Å². The van der Waals surface area contributed by atoms with Gasteiger partial charge in [0.05, 0.1) is 12.0 Å². The summed E-state index contributed by atoms with van der Waals surface area (Å²) in [5, 5.41) is 8.53. The SMILES string of the molecule is Cl.Cn1nc(N)nc1NCCCOc1cccc2c(=O)[nH]ccc12. The Morgan fingerprint density at radius 3 is 2.92 bits per heavy atom. The van der Waals surface area contributed by atoms with Crippen molar-refractivity contribution in [1.29, 1.82) is 0 Å². The first-order valence-corrected chi connectivity index (χ1v) is 7.29. The van der Waals surface area contributed by atoms with E-state index in [1.165, 1.54) is 0 Å². The number of benzene rings is 1. The summed E-state index contributed by atoms with van der Waals surface area (Å²) < 4.78 is 7.38. The zero-order chi connectivity index (χ0) is 16.2. The zero-order valence-corrected chi connectivity index (χ0v) is 14.0. The highest BCUT2D eigenvalue weighted by atomic mass is 35.5. The molecule has 3 rings (SSSR count). The molecular weight excluding hydrogens is 332 g/mol. The van der Waals surface area contributed by atoms with Gasteiger partial charge in [0.25, 0.3) is 5.56 Å². The third-order valence-corrected chi connectivity index (χ3v) is 3.42. The van der Waals surface area contributed by atoms with Crippen LogP contribution in [0.15, 0.2) is 35.3 Å². The van der Waals surface area contributed by atoms with Gasteiger partial charge in [-0.1, -0.05) is 6.07 Å². The summed E-state index contributed by atoms with van der Waals surface area (Å²) in [6.07, 6.45) is 2.39. The Bertz CT molecular complexity index is 876. The average Bonchev–Trinajstić information content (AvgIpc) is 2.85. The molecule has 0 saturated heterocycles. The minimum atomic E-state index is -0.116. The van der Waals surface area contributed by atoms with Gasteiger partial charge in [0.15, 0.2) is 0 Å². The fourth-order valence-electron chi connectivity index (χ4n) is 2.33. The van der Waals surface area contributed by atoms with Gasteiger partial charge >= 0.3 is 0 Å². The molecule has 0 aliphatic rings. The number of fused-ring (bicyclic) bond motifs is 1. The highest BCUT2D eigenvalue weighted by Crippen LogP contribution is 2.22. The minimum Gasteiger partial charge on any atom is -0.493 e. The third kappa shape index (κ3) is 3.77. The highest BCUT2D eigenvalue weighted by Gasteiger charge is 2.05. The molecule has 24 heavy (non-hydrogen) atoms. The van der Waals surface area contributed by atoms with Crippen molar-refractivity contribution in [1.82, 2.24) is 19.7 Å². The molecular formula is C15H19ClN6O2. The largest absolute Gasteiger partial charge is 0.493 e. The van der Waals surface area contributed by atoms with Crippen LogP contribution >= 0.6 is 12.4 Å². The second-order valence-electron chi connectivity index (χ2n) is 5.07. The number of aryl methyl sites for hydroxylation is 1. The number of nitrogens with one attached hydrogen (secondary N) is 2. The maximum atomic E-state index is 11.8. The summed E-state index contributed by atoms with van der Waals surface area (Å²) in [5.74, 6) is 1.57. The number of H-pyrrole nitrogens is 1. The van der Waals surface area contributed by atoms with E-state index in [4.69, 9.17) is 10.5 Å². The molecule has 0 atom stereocenters. The molecule has 0 radical (unpaired) electrons. The summed E-state index contributed by atoms with van der Waals surface area (Å²) in [4.78, 5) is 18.5. The summed E-state index contributed by atoms with van der Waals surface area (Å²) in [6.45, 7) is 1.20. The molecule has 2 heterocycles. The van der Waals surface area contributed by atoms with Gasteiger partial charge in [0.1, 0.15) is 5.75 Å². The molecule has 4 N–H and O–H groups in total. The molecule has 2 aromatic heterocycles. The number of ether oxygens (including phenoxy) is 1. The average molecular weight is 351 g/mol. The second-order valence-corrected chi connectivity index (χ2v) is 5.07. The van der Waals surface area contributed by atoms with Gasteiger partial charge in [-0.2, -0.15) is 4.98 Å². The van der Waals surface area contributed by atoms with Crippen molar-refractivity contribution in [2.45, 2.75) is 6.42 Å². The fourth-order valence-corrected chi connectivity index (χ4v) is 2.33. The van der Waals surface area contributed by atoms with Crippen LogP contribution in [-0.2, 0) is 7.05 Å². The Morgan fingerprint density at radius 1 is 1.33 bits per heavy atom. The third-order valence-electron chi connectivity index (χ3n) is 3.42. The number of nitrogens with two attached hydrogens (primary N) is 1. The van der Waals surface area contributed by atoms with E-state index in [0.29, 0.717) is 30.2 Å². The van der Waals surface area contributed by atoms with Crippen molar-refractivity contribution in [3.8, 4) is 5.75 Å². The zero-order valence-electron chi connectivity index (χ0n) is 13.2. The number of pyridine rings is 1. The molecule has 1 aromatic carbocycles. The molecule has 0 spiro atoms. The summed E-state index contributed by atoms with van der Waals surface area (Å²) in [5.41, 5.74) is 5.40. The minimum absolute atomic E-state index is 0. The van der Waals surface area contributed by atoms with Gasteiger partial charge in [-0.25, -0.2) is 4.68 Å². The first kappa shape index (κ1) is 17.6. The Balaban J connectivity index is 0.00000208. The Labute approximate surface area is 144 Å². The van der Waals surface area contributed by atoms with Crippen molar-refractivity contribution in [2.24, 2.45) is 7.05 Å². The van der Waals surface area contributed by atoms with E-state index < -0.39 is 0 Å². The summed E-state index contributed by atoms with van der Waals surface area (Å²) >= 11 is 0. The van der Waals surface area contributed by atoms with E-state index in [1.54, 1.807) is 24.0 Å². The normalized spacial score (nSPS) is 10.4. The predicted octanol–water partition coefficient (Wildman–Crippen LogP) is 1.54. The fraction of sp³-hybridized carbons (Fsp3) is 0.267. The van der Waals surface area contributed by atoms with Crippen LogP contribution in [0.25, 0.3) is 10.8 Å². The lowest BCUT2D eigenvalue weighted by Gasteiger charge is -2.09. The second kappa shape index (κ2) is 7.69. The van der Waals surface area contributed by atoms with Crippen LogP contribution in [-0.4, -0.2) is 32.9 Å². The van der Waals surface area contributed by atoms with Crippen molar-refractivity contribution in [2.75, 3.05) is 24.2 Å². The van der Waals surface area contributed by atoms with Crippen LogP contribution in [0.3, 0.4) is 0 Å². The van der Waals surface area contributed by atoms with E-state index in [9.17, 15) is 4.79 Å². The maximum Gasteiger partial charge on any atom is 0.255 e. The van der Waals surface area contributed by atoms with Gasteiger partial charge in [-0.3, -0.25) is 4.79 Å². The molecule has 9 heteroatoms. The van der Waals surface area contributed by atoms with Crippen LogP contribution in [0.4, 0.5) is 11.9 Å². The lowest BCUT2D eigenvalue weighted by atomic mass is 10.1. The predicted molar refractivity (Wildman–Crippen MR) is 95.8 cm³/mol. The van der Waals surface area contributed by atoms with Crippen LogP contribution in [0.5, 0.6) is 5.75 Å². The number of hydrogen-bond acceptors (Lipinski definition) is 6. The van der Waals surface area contributed by atoms with Crippen LogP contribution in [0, 0.1) is 0 Å². The molecule has 8 nitrogen and oxygen atoms in total. The number of hydrogen-bond donors (Lipinski definition) is 3. The first-order chi connectivity index (χ1) is 11.1. The molecule has 3 aromatic rings. The molecule has 0 aliphatic heterocycles. The van der Waals surface area contributed by atoms with Gasteiger partial charge in [-0.05, 0) is 24.6 Å². The molecule has 0 amide bonds. The number of aromatic nitrogens is 4. The van der Waals surface area contributed by atoms with Crippen molar-refractivity contribution in [3.63, 3.8) is 0 Å². The molecule has 0 fully saturated rings.